The van der Waals surface area contributed by atoms with Gasteiger partial charge in [0.1, 0.15) is 11.4 Å². The van der Waals surface area contributed by atoms with Crippen LogP contribution in [0.2, 0.25) is 0 Å². The largest absolute Gasteiger partial charge is 0.508 e. The van der Waals surface area contributed by atoms with Gasteiger partial charge in [-0.25, -0.2) is 0 Å². The van der Waals surface area contributed by atoms with Crippen LogP contribution in [0.4, 0.5) is 0 Å². The van der Waals surface area contributed by atoms with Crippen LogP contribution in [0.3, 0.4) is 0 Å². The van der Waals surface area contributed by atoms with Gasteiger partial charge in [0.15, 0.2) is 0 Å². The first-order chi connectivity index (χ1) is 9.10. The van der Waals surface area contributed by atoms with Crippen molar-refractivity contribution in [1.29, 1.82) is 0 Å². The molecule has 100 valence electrons. The van der Waals surface area contributed by atoms with Gasteiger partial charge in [-0.15, -0.1) is 0 Å². The number of aromatic hydroxyl groups is 1. The zero-order chi connectivity index (χ0) is 13.8. The summed E-state index contributed by atoms with van der Waals surface area (Å²) in [5, 5.41) is 16.4. The van der Waals surface area contributed by atoms with Gasteiger partial charge in [-0.2, -0.15) is 5.10 Å². The van der Waals surface area contributed by atoms with E-state index in [0.717, 1.165) is 11.3 Å². The van der Waals surface area contributed by atoms with Gasteiger partial charge in [-0.05, 0) is 37.6 Å². The number of nitrogens with zero attached hydrogens (tertiary/aromatic N) is 2. The summed E-state index contributed by atoms with van der Waals surface area (Å²) < 4.78 is 1.67. The van der Waals surface area contributed by atoms with E-state index in [9.17, 15) is 9.90 Å². The lowest BCUT2D eigenvalue weighted by molar-refractivity contribution is 0.0940. The average Bonchev–Trinajstić information content (AvgIpc) is 2.77. The molecular weight excluding hydrogens is 242 g/mol. The van der Waals surface area contributed by atoms with Crippen LogP contribution in [0.5, 0.6) is 5.75 Å². The van der Waals surface area contributed by atoms with E-state index in [2.05, 4.69) is 10.4 Å². The van der Waals surface area contributed by atoms with Gasteiger partial charge in [0.2, 0.25) is 0 Å². The number of hydrogen-bond donors (Lipinski definition) is 2. The van der Waals surface area contributed by atoms with Crippen molar-refractivity contribution in [2.45, 2.75) is 26.9 Å². The molecule has 0 aliphatic heterocycles. The van der Waals surface area contributed by atoms with Crippen LogP contribution in [0.15, 0.2) is 30.3 Å². The summed E-state index contributed by atoms with van der Waals surface area (Å²) in [5.41, 5.74) is 2.23. The number of phenols is 1. The highest BCUT2D eigenvalue weighted by molar-refractivity contribution is 5.92. The molecule has 0 fully saturated rings. The summed E-state index contributed by atoms with van der Waals surface area (Å²) in [6, 6.07) is 8.59. The van der Waals surface area contributed by atoms with E-state index >= 15 is 0 Å². The molecule has 0 saturated carbocycles. The Labute approximate surface area is 111 Å². The Morgan fingerprint density at radius 1 is 1.42 bits per heavy atom. The quantitative estimate of drug-likeness (QED) is 0.880. The maximum Gasteiger partial charge on any atom is 0.269 e. The monoisotopic (exact) mass is 259 g/mol. The van der Waals surface area contributed by atoms with Crippen molar-refractivity contribution in [1.82, 2.24) is 15.1 Å². The molecule has 0 atom stereocenters. The molecule has 2 rings (SSSR count). The van der Waals surface area contributed by atoms with Crippen LogP contribution in [0, 0.1) is 6.92 Å². The lowest BCUT2D eigenvalue weighted by Crippen LogP contribution is -2.25. The van der Waals surface area contributed by atoms with E-state index in [0.29, 0.717) is 18.8 Å². The molecule has 0 spiro atoms. The zero-order valence-electron chi connectivity index (χ0n) is 11.1. The van der Waals surface area contributed by atoms with Gasteiger partial charge in [0.25, 0.3) is 5.91 Å². The van der Waals surface area contributed by atoms with Crippen molar-refractivity contribution in [3.63, 3.8) is 0 Å². The third-order valence-electron chi connectivity index (χ3n) is 2.80. The number of benzene rings is 1. The van der Waals surface area contributed by atoms with Crippen molar-refractivity contribution < 1.29 is 9.90 Å². The molecular formula is C14H17N3O2. The maximum absolute atomic E-state index is 12.1. The Kier molecular flexibility index (Phi) is 3.85. The van der Waals surface area contributed by atoms with E-state index in [-0.39, 0.29) is 11.7 Å². The molecule has 19 heavy (non-hydrogen) atoms. The number of rotatable bonds is 4. The lowest BCUT2D eigenvalue weighted by atomic mass is 10.2. The van der Waals surface area contributed by atoms with E-state index in [1.807, 2.05) is 19.9 Å². The molecule has 5 heteroatoms. The van der Waals surface area contributed by atoms with E-state index in [1.54, 1.807) is 28.9 Å². The Morgan fingerprint density at radius 3 is 2.89 bits per heavy atom. The molecule has 0 aliphatic rings. The molecule has 1 heterocycles. The molecule has 0 unspecified atom stereocenters. The average molecular weight is 259 g/mol. The third kappa shape index (κ3) is 3.13. The summed E-state index contributed by atoms with van der Waals surface area (Å²) in [6.07, 6.45) is 0. The van der Waals surface area contributed by atoms with Crippen LogP contribution in [-0.4, -0.2) is 20.8 Å². The fourth-order valence-corrected chi connectivity index (χ4v) is 1.91. The van der Waals surface area contributed by atoms with Gasteiger partial charge >= 0.3 is 0 Å². The Bertz CT molecular complexity index is 590. The Balaban J connectivity index is 2.05. The molecule has 1 aromatic heterocycles. The van der Waals surface area contributed by atoms with Crippen molar-refractivity contribution in [2.24, 2.45) is 0 Å². The molecule has 0 bridgehead atoms. The highest BCUT2D eigenvalue weighted by Gasteiger charge is 2.12. The highest BCUT2D eigenvalue weighted by Crippen LogP contribution is 2.11. The summed E-state index contributed by atoms with van der Waals surface area (Å²) in [4.78, 5) is 12.1. The van der Waals surface area contributed by atoms with E-state index in [4.69, 9.17) is 0 Å². The van der Waals surface area contributed by atoms with Gasteiger partial charge in [-0.1, -0.05) is 12.1 Å². The number of carbonyl (C=O) groups is 1. The van der Waals surface area contributed by atoms with Crippen molar-refractivity contribution >= 4 is 5.91 Å². The second-order valence-electron chi connectivity index (χ2n) is 4.34. The lowest BCUT2D eigenvalue weighted by Gasteiger charge is -2.07. The number of aromatic nitrogens is 2. The molecule has 0 saturated heterocycles. The zero-order valence-corrected chi connectivity index (χ0v) is 11.1. The van der Waals surface area contributed by atoms with Crippen LogP contribution >= 0.6 is 0 Å². The number of phenolic OH excluding ortho intramolecular Hbond substituents is 1. The minimum Gasteiger partial charge on any atom is -0.508 e. The molecule has 1 amide bonds. The first-order valence-corrected chi connectivity index (χ1v) is 6.20. The molecule has 0 radical (unpaired) electrons. The normalized spacial score (nSPS) is 10.4. The third-order valence-corrected chi connectivity index (χ3v) is 2.80. The molecule has 0 aliphatic carbocycles. The first kappa shape index (κ1) is 13.1. The second kappa shape index (κ2) is 5.56. The number of nitrogens with one attached hydrogen (secondary N) is 1. The van der Waals surface area contributed by atoms with E-state index < -0.39 is 0 Å². The maximum atomic E-state index is 12.1. The van der Waals surface area contributed by atoms with Crippen LogP contribution in [-0.2, 0) is 13.1 Å². The summed E-state index contributed by atoms with van der Waals surface area (Å²) >= 11 is 0. The topological polar surface area (TPSA) is 67.2 Å². The fourth-order valence-electron chi connectivity index (χ4n) is 1.91. The smallest absolute Gasteiger partial charge is 0.269 e. The summed E-state index contributed by atoms with van der Waals surface area (Å²) in [6.45, 7) is 4.83. The Hall–Kier alpha value is -2.30. The van der Waals surface area contributed by atoms with Gasteiger partial charge in [-0.3, -0.25) is 9.48 Å². The fraction of sp³-hybridized carbons (Fsp3) is 0.286. The number of amides is 1. The molecule has 2 aromatic rings. The van der Waals surface area contributed by atoms with Gasteiger partial charge in [0.05, 0.1) is 5.69 Å². The van der Waals surface area contributed by atoms with E-state index in [1.165, 1.54) is 0 Å². The number of carbonyl (C=O) groups excluding carboxylic acids is 1. The van der Waals surface area contributed by atoms with Crippen LogP contribution in [0.25, 0.3) is 0 Å². The van der Waals surface area contributed by atoms with Gasteiger partial charge < -0.3 is 10.4 Å². The molecule has 1 aromatic carbocycles. The highest BCUT2D eigenvalue weighted by atomic mass is 16.3. The van der Waals surface area contributed by atoms with Gasteiger partial charge in [0, 0.05) is 13.1 Å². The predicted molar refractivity (Wildman–Crippen MR) is 71.9 cm³/mol. The number of aryl methyl sites for hydroxylation is 2. The van der Waals surface area contributed by atoms with Crippen molar-refractivity contribution in [3.8, 4) is 5.75 Å². The minimum absolute atomic E-state index is 0.161. The van der Waals surface area contributed by atoms with Crippen molar-refractivity contribution in [3.05, 3.63) is 47.3 Å². The summed E-state index contributed by atoms with van der Waals surface area (Å²) in [5.74, 6) is 0.0342. The molecule has 5 nitrogen and oxygen atoms in total. The SMILES string of the molecule is CCn1nc(C)cc1C(=O)NCc1cccc(O)c1. The number of hydrogen-bond acceptors (Lipinski definition) is 3. The predicted octanol–water partition coefficient (Wildman–Crippen LogP) is 1.85. The Morgan fingerprint density at radius 2 is 2.21 bits per heavy atom. The first-order valence-electron chi connectivity index (χ1n) is 6.20. The van der Waals surface area contributed by atoms with Crippen molar-refractivity contribution in [2.75, 3.05) is 0 Å². The van der Waals surface area contributed by atoms with Crippen LogP contribution < -0.4 is 5.32 Å². The summed E-state index contributed by atoms with van der Waals surface area (Å²) in [7, 11) is 0. The standard InChI is InChI=1S/C14H17N3O2/c1-3-17-13(7-10(2)16-17)14(19)15-9-11-5-4-6-12(18)8-11/h4-8,18H,3,9H2,1-2H3,(H,15,19). The second-order valence-corrected chi connectivity index (χ2v) is 4.34. The minimum atomic E-state index is -0.161. The molecule has 2 N–H and O–H groups in total. The van der Waals surface area contributed by atoms with Crippen LogP contribution in [0.1, 0.15) is 28.7 Å².